The topological polar surface area (TPSA) is 134 Å². The van der Waals surface area contributed by atoms with E-state index in [1.165, 1.54) is 48.5 Å². The van der Waals surface area contributed by atoms with Gasteiger partial charge in [-0.3, -0.25) is 0 Å². The lowest BCUT2D eigenvalue weighted by Gasteiger charge is -2.29. The number of carbonyl (C=O) groups excluding carboxylic acids is 2. The van der Waals surface area contributed by atoms with Crippen LogP contribution < -0.4 is 0 Å². The van der Waals surface area contributed by atoms with Crippen LogP contribution in [0.15, 0.2) is 78.6 Å². The number of hydrogen-bond acceptors (Lipinski definition) is 8. The first-order valence-electron chi connectivity index (χ1n) is 10.5. The van der Waals surface area contributed by atoms with Crippen LogP contribution in [0.3, 0.4) is 0 Å². The molecule has 0 aliphatic carbocycles. The summed E-state index contributed by atoms with van der Waals surface area (Å²) in [5, 5.41) is 39.3. The van der Waals surface area contributed by atoms with Gasteiger partial charge >= 0.3 is 11.9 Å². The molecule has 8 heteroatoms. The number of cyclic esters (lactones) is 1. The van der Waals surface area contributed by atoms with Crippen LogP contribution in [0.25, 0.3) is 5.57 Å². The molecule has 0 saturated heterocycles. The number of aliphatic hydroxyl groups is 1. The summed E-state index contributed by atoms with van der Waals surface area (Å²) in [5.74, 6) is -2.56. The zero-order chi connectivity index (χ0) is 24.3. The minimum atomic E-state index is -1.98. The highest BCUT2D eigenvalue weighted by Gasteiger charge is 2.55. The molecule has 3 aromatic carbocycles. The van der Waals surface area contributed by atoms with Gasteiger partial charge in [-0.25, -0.2) is 9.59 Å². The van der Waals surface area contributed by atoms with E-state index in [0.29, 0.717) is 17.5 Å². The summed E-state index contributed by atoms with van der Waals surface area (Å²) in [6.07, 6.45) is 0.191. The molecule has 4 N–H and O–H groups in total. The van der Waals surface area contributed by atoms with Crippen molar-refractivity contribution in [1.29, 1.82) is 0 Å². The van der Waals surface area contributed by atoms with Gasteiger partial charge < -0.3 is 29.9 Å². The van der Waals surface area contributed by atoms with Crippen molar-refractivity contribution in [3.05, 3.63) is 95.2 Å². The first-order valence-corrected chi connectivity index (χ1v) is 10.5. The lowest BCUT2D eigenvalue weighted by atomic mass is 9.83. The second-order valence-electron chi connectivity index (χ2n) is 7.88. The highest BCUT2D eigenvalue weighted by Crippen LogP contribution is 2.43. The summed E-state index contributed by atoms with van der Waals surface area (Å²) in [6, 6.07) is 18.1. The smallest absolute Gasteiger partial charge is 0.375 e. The molecule has 1 aliphatic heterocycles. The first-order chi connectivity index (χ1) is 16.3. The van der Waals surface area contributed by atoms with E-state index in [4.69, 9.17) is 9.47 Å². The van der Waals surface area contributed by atoms with Crippen molar-refractivity contribution >= 4 is 17.5 Å². The number of aliphatic hydroxyl groups excluding tert-OH is 1. The van der Waals surface area contributed by atoms with Crippen molar-refractivity contribution in [2.24, 2.45) is 0 Å². The maximum Gasteiger partial charge on any atom is 0.375 e. The van der Waals surface area contributed by atoms with Crippen LogP contribution in [0, 0.1) is 0 Å². The van der Waals surface area contributed by atoms with Crippen LogP contribution in [-0.4, -0.2) is 44.6 Å². The van der Waals surface area contributed by atoms with E-state index in [9.17, 15) is 30.0 Å². The molecule has 0 bridgehead atoms. The summed E-state index contributed by atoms with van der Waals surface area (Å²) < 4.78 is 11.0. The van der Waals surface area contributed by atoms with Crippen molar-refractivity contribution in [1.82, 2.24) is 0 Å². The van der Waals surface area contributed by atoms with Crippen LogP contribution >= 0.6 is 0 Å². The summed E-state index contributed by atoms with van der Waals surface area (Å²) in [5.41, 5.74) is -0.384. The lowest BCUT2D eigenvalue weighted by molar-refractivity contribution is -0.171. The van der Waals surface area contributed by atoms with Crippen LogP contribution in [0.5, 0.6) is 17.2 Å². The van der Waals surface area contributed by atoms with Crippen molar-refractivity contribution < 1.29 is 39.5 Å². The zero-order valence-electron chi connectivity index (χ0n) is 18.0. The Hall–Kier alpha value is -4.46. The third-order valence-corrected chi connectivity index (χ3v) is 5.54. The molecule has 0 amide bonds. The molecular weight excluding hydrogens is 440 g/mol. The second-order valence-corrected chi connectivity index (χ2v) is 7.88. The summed E-state index contributed by atoms with van der Waals surface area (Å²) in [4.78, 5) is 25.9. The molecule has 3 aromatic rings. The summed E-state index contributed by atoms with van der Waals surface area (Å²) in [7, 11) is 0. The molecule has 1 unspecified atom stereocenters. The average molecular weight is 462 g/mol. The highest BCUT2D eigenvalue weighted by atomic mass is 16.6. The van der Waals surface area contributed by atoms with Gasteiger partial charge in [-0.1, -0.05) is 36.4 Å². The molecule has 0 aromatic heterocycles. The van der Waals surface area contributed by atoms with E-state index in [1.54, 1.807) is 24.3 Å². The SMILES string of the molecule is O=C1OC(Cc2ccc(O)cc2)(C(=O)OCCc2ccc(O)cc2)C(c2ccc(O)cc2)=C1O. The average Bonchev–Trinajstić information content (AvgIpc) is 3.07. The minimum Gasteiger partial charge on any atom is -0.508 e. The number of carbonyl (C=O) groups is 2. The predicted molar refractivity (Wildman–Crippen MR) is 121 cm³/mol. The van der Waals surface area contributed by atoms with Gasteiger partial charge in [0, 0.05) is 12.8 Å². The predicted octanol–water partition coefficient (Wildman–Crippen LogP) is 3.40. The lowest BCUT2D eigenvalue weighted by Crippen LogP contribution is -2.44. The number of ether oxygens (including phenoxy) is 2. The van der Waals surface area contributed by atoms with Crippen LogP contribution in [0.1, 0.15) is 16.7 Å². The highest BCUT2D eigenvalue weighted by molar-refractivity contribution is 6.11. The molecule has 0 spiro atoms. The molecule has 1 heterocycles. The molecule has 0 fully saturated rings. The van der Waals surface area contributed by atoms with Gasteiger partial charge in [0.15, 0.2) is 0 Å². The largest absolute Gasteiger partial charge is 0.508 e. The molecule has 0 radical (unpaired) electrons. The minimum absolute atomic E-state index is 0.0230. The van der Waals surface area contributed by atoms with E-state index >= 15 is 0 Å². The fourth-order valence-electron chi connectivity index (χ4n) is 3.83. The molecule has 0 saturated carbocycles. The molecule has 34 heavy (non-hydrogen) atoms. The number of phenolic OH excluding ortho intramolecular Hbond substituents is 3. The first kappa shape index (κ1) is 22.7. The maximum absolute atomic E-state index is 13.4. The van der Waals surface area contributed by atoms with Crippen molar-refractivity contribution in [3.8, 4) is 17.2 Å². The van der Waals surface area contributed by atoms with E-state index in [1.807, 2.05) is 0 Å². The van der Waals surface area contributed by atoms with Gasteiger partial charge in [-0.05, 0) is 53.1 Å². The Kier molecular flexibility index (Phi) is 6.14. The molecule has 4 rings (SSSR count). The Morgan fingerprint density at radius 1 is 0.765 bits per heavy atom. The van der Waals surface area contributed by atoms with Crippen molar-refractivity contribution in [2.45, 2.75) is 18.4 Å². The zero-order valence-corrected chi connectivity index (χ0v) is 18.0. The Morgan fingerprint density at radius 3 is 1.82 bits per heavy atom. The fourth-order valence-corrected chi connectivity index (χ4v) is 3.83. The van der Waals surface area contributed by atoms with E-state index in [-0.39, 0.29) is 35.8 Å². The van der Waals surface area contributed by atoms with Gasteiger partial charge in [0.05, 0.1) is 12.2 Å². The molecule has 1 atom stereocenters. The Morgan fingerprint density at radius 2 is 1.26 bits per heavy atom. The fraction of sp³-hybridized carbons (Fsp3) is 0.154. The Balaban J connectivity index is 1.68. The van der Waals surface area contributed by atoms with Crippen molar-refractivity contribution in [3.63, 3.8) is 0 Å². The number of hydrogen-bond donors (Lipinski definition) is 4. The number of rotatable bonds is 7. The Bertz CT molecular complexity index is 1230. The molecule has 1 aliphatic rings. The molecule has 8 nitrogen and oxygen atoms in total. The number of phenols is 3. The molecular formula is C26H22O8. The van der Waals surface area contributed by atoms with Crippen LogP contribution in [-0.2, 0) is 31.9 Å². The molecule has 174 valence electrons. The summed E-state index contributed by atoms with van der Waals surface area (Å²) >= 11 is 0. The number of esters is 2. The van der Waals surface area contributed by atoms with Gasteiger partial charge in [0.1, 0.15) is 17.2 Å². The van der Waals surface area contributed by atoms with Crippen LogP contribution in [0.4, 0.5) is 0 Å². The van der Waals surface area contributed by atoms with Gasteiger partial charge in [-0.15, -0.1) is 0 Å². The third kappa shape index (κ3) is 4.52. The van der Waals surface area contributed by atoms with E-state index in [2.05, 4.69) is 0 Å². The maximum atomic E-state index is 13.4. The van der Waals surface area contributed by atoms with Gasteiger partial charge in [0.25, 0.3) is 0 Å². The van der Waals surface area contributed by atoms with E-state index in [0.717, 1.165) is 5.56 Å². The number of benzene rings is 3. The van der Waals surface area contributed by atoms with Crippen molar-refractivity contribution in [2.75, 3.05) is 6.61 Å². The Labute approximate surface area is 194 Å². The third-order valence-electron chi connectivity index (χ3n) is 5.54. The summed E-state index contributed by atoms with van der Waals surface area (Å²) in [6.45, 7) is -0.0396. The quantitative estimate of drug-likeness (QED) is 0.393. The van der Waals surface area contributed by atoms with Gasteiger partial charge in [-0.2, -0.15) is 0 Å². The van der Waals surface area contributed by atoms with Crippen LogP contribution in [0.2, 0.25) is 0 Å². The second kappa shape index (κ2) is 9.19. The number of aromatic hydroxyl groups is 3. The monoisotopic (exact) mass is 462 g/mol. The van der Waals surface area contributed by atoms with Gasteiger partial charge in [0.2, 0.25) is 11.4 Å². The standard InChI is InChI=1S/C26H22O8/c27-19-7-1-16(2-8-19)13-14-33-25(32)26(15-17-3-9-20(28)10-4-17)22(23(30)24(31)34-26)18-5-11-21(29)12-6-18/h1-12,27-30H,13-15H2. The normalized spacial score (nSPS) is 17.5. The van der Waals surface area contributed by atoms with E-state index < -0.39 is 23.3 Å².